The average molecular weight is 303 g/mol. The Kier molecular flexibility index (Phi) is 5.72. The van der Waals surface area contributed by atoms with Gasteiger partial charge < -0.3 is 15.2 Å². The second kappa shape index (κ2) is 7.75. The van der Waals surface area contributed by atoms with Crippen molar-refractivity contribution in [2.75, 3.05) is 13.2 Å². The summed E-state index contributed by atoms with van der Waals surface area (Å²) in [6.07, 6.45) is 3.46. The van der Waals surface area contributed by atoms with Gasteiger partial charge in [-0.05, 0) is 37.0 Å². The standard InChI is InChI=1S/C17H21NO4/c1-2-3-7-15(17(20)21)18-16(19)13-6-4-5-12(10-13)14-8-9-22-11-14/h2,4-6,10,14-15H,1,3,7-9,11H2,(H,18,19)(H,20,21). The number of aliphatic carboxylic acids is 1. The number of carbonyl (C=O) groups excluding carboxylic acids is 1. The Labute approximate surface area is 130 Å². The van der Waals surface area contributed by atoms with E-state index in [0.29, 0.717) is 30.9 Å². The fourth-order valence-electron chi connectivity index (χ4n) is 2.51. The molecule has 0 bridgehead atoms. The Balaban J connectivity index is 2.06. The third-order valence-corrected chi connectivity index (χ3v) is 3.81. The molecule has 0 radical (unpaired) electrons. The number of carbonyl (C=O) groups is 2. The molecule has 1 fully saturated rings. The van der Waals surface area contributed by atoms with Gasteiger partial charge in [0, 0.05) is 18.1 Å². The number of carboxylic acids is 1. The molecule has 1 aromatic carbocycles. The summed E-state index contributed by atoms with van der Waals surface area (Å²) in [6, 6.07) is 6.41. The van der Waals surface area contributed by atoms with Gasteiger partial charge in [0.25, 0.3) is 5.91 Å². The Morgan fingerprint density at radius 1 is 1.50 bits per heavy atom. The van der Waals surface area contributed by atoms with Crippen LogP contribution in [0.15, 0.2) is 36.9 Å². The van der Waals surface area contributed by atoms with E-state index >= 15 is 0 Å². The van der Waals surface area contributed by atoms with Crippen molar-refractivity contribution < 1.29 is 19.4 Å². The maximum Gasteiger partial charge on any atom is 0.326 e. The maximum atomic E-state index is 12.3. The minimum absolute atomic E-state index is 0.309. The lowest BCUT2D eigenvalue weighted by Crippen LogP contribution is -2.40. The van der Waals surface area contributed by atoms with E-state index in [0.717, 1.165) is 18.6 Å². The van der Waals surface area contributed by atoms with Crippen LogP contribution < -0.4 is 5.32 Å². The van der Waals surface area contributed by atoms with Crippen LogP contribution in [0.3, 0.4) is 0 Å². The van der Waals surface area contributed by atoms with Crippen LogP contribution >= 0.6 is 0 Å². The fraction of sp³-hybridized carbons (Fsp3) is 0.412. The second-order valence-electron chi connectivity index (χ2n) is 5.42. The van der Waals surface area contributed by atoms with Crippen LogP contribution in [0.1, 0.15) is 41.1 Å². The van der Waals surface area contributed by atoms with E-state index in [4.69, 9.17) is 9.84 Å². The normalized spacial score (nSPS) is 18.6. The van der Waals surface area contributed by atoms with E-state index in [2.05, 4.69) is 11.9 Å². The SMILES string of the molecule is C=CCCC(NC(=O)c1cccc(C2CCOC2)c1)C(=O)O. The molecule has 0 saturated carbocycles. The number of nitrogens with one attached hydrogen (secondary N) is 1. The first-order valence-corrected chi connectivity index (χ1v) is 7.44. The van der Waals surface area contributed by atoms with Gasteiger partial charge in [0.1, 0.15) is 6.04 Å². The van der Waals surface area contributed by atoms with Gasteiger partial charge in [0.15, 0.2) is 0 Å². The van der Waals surface area contributed by atoms with Gasteiger partial charge in [0.2, 0.25) is 0 Å². The summed E-state index contributed by atoms with van der Waals surface area (Å²) in [4.78, 5) is 23.4. The number of hydrogen-bond acceptors (Lipinski definition) is 3. The minimum atomic E-state index is -1.03. The van der Waals surface area contributed by atoms with Crippen LogP contribution in [0.4, 0.5) is 0 Å². The molecule has 5 heteroatoms. The minimum Gasteiger partial charge on any atom is -0.480 e. The lowest BCUT2D eigenvalue weighted by atomic mass is 9.96. The zero-order chi connectivity index (χ0) is 15.9. The molecule has 1 aliphatic rings. The Morgan fingerprint density at radius 2 is 2.32 bits per heavy atom. The molecule has 2 atom stereocenters. The first-order valence-electron chi connectivity index (χ1n) is 7.44. The average Bonchev–Trinajstić information content (AvgIpc) is 3.05. The number of hydrogen-bond donors (Lipinski definition) is 2. The molecular weight excluding hydrogens is 282 g/mol. The summed E-state index contributed by atoms with van der Waals surface area (Å²) in [5, 5.41) is 11.7. The van der Waals surface area contributed by atoms with Gasteiger partial charge in [-0.25, -0.2) is 4.79 Å². The summed E-state index contributed by atoms with van der Waals surface area (Å²) in [7, 11) is 0. The van der Waals surface area contributed by atoms with E-state index in [1.807, 2.05) is 18.2 Å². The molecule has 1 aliphatic heterocycles. The van der Waals surface area contributed by atoms with Gasteiger partial charge >= 0.3 is 5.97 Å². The fourth-order valence-corrected chi connectivity index (χ4v) is 2.51. The second-order valence-corrected chi connectivity index (χ2v) is 5.42. The van der Waals surface area contributed by atoms with Crippen LogP contribution in [0, 0.1) is 0 Å². The first-order chi connectivity index (χ1) is 10.6. The quantitative estimate of drug-likeness (QED) is 0.758. The highest BCUT2D eigenvalue weighted by atomic mass is 16.5. The van der Waals surface area contributed by atoms with E-state index < -0.39 is 12.0 Å². The van der Waals surface area contributed by atoms with Gasteiger partial charge in [0.05, 0.1) is 6.61 Å². The molecular formula is C17H21NO4. The molecule has 1 amide bonds. The van der Waals surface area contributed by atoms with Crippen molar-refractivity contribution in [3.05, 3.63) is 48.0 Å². The van der Waals surface area contributed by atoms with Crippen molar-refractivity contribution in [1.29, 1.82) is 0 Å². The van der Waals surface area contributed by atoms with E-state index in [-0.39, 0.29) is 5.91 Å². The number of benzene rings is 1. The van der Waals surface area contributed by atoms with Crippen molar-refractivity contribution in [3.8, 4) is 0 Å². The Bertz CT molecular complexity index is 549. The molecule has 2 unspecified atom stereocenters. The first kappa shape index (κ1) is 16.2. The van der Waals surface area contributed by atoms with E-state index in [1.54, 1.807) is 12.1 Å². The molecule has 118 valence electrons. The molecule has 0 spiro atoms. The van der Waals surface area contributed by atoms with Crippen LogP contribution in [0.2, 0.25) is 0 Å². The zero-order valence-electron chi connectivity index (χ0n) is 12.5. The highest BCUT2D eigenvalue weighted by Gasteiger charge is 2.22. The van der Waals surface area contributed by atoms with Crippen LogP contribution in [-0.4, -0.2) is 36.2 Å². The predicted octanol–water partition coefficient (Wildman–Crippen LogP) is 2.34. The van der Waals surface area contributed by atoms with Gasteiger partial charge in [-0.3, -0.25) is 4.79 Å². The molecule has 22 heavy (non-hydrogen) atoms. The number of rotatable bonds is 7. The topological polar surface area (TPSA) is 75.6 Å². The molecule has 1 aromatic rings. The van der Waals surface area contributed by atoms with Crippen molar-refractivity contribution >= 4 is 11.9 Å². The number of ether oxygens (including phenoxy) is 1. The largest absolute Gasteiger partial charge is 0.480 e. The van der Waals surface area contributed by atoms with E-state index in [9.17, 15) is 9.59 Å². The van der Waals surface area contributed by atoms with Crippen molar-refractivity contribution in [3.63, 3.8) is 0 Å². The number of amides is 1. The van der Waals surface area contributed by atoms with Crippen LogP contribution in [-0.2, 0) is 9.53 Å². The van der Waals surface area contributed by atoms with Crippen molar-refractivity contribution in [2.45, 2.75) is 31.2 Å². The Hall–Kier alpha value is -2.14. The number of carboxylic acid groups (broad SMARTS) is 1. The summed E-state index contributed by atoms with van der Waals surface area (Å²) >= 11 is 0. The molecule has 1 heterocycles. The summed E-state index contributed by atoms with van der Waals surface area (Å²) < 4.78 is 5.36. The highest BCUT2D eigenvalue weighted by molar-refractivity contribution is 5.96. The maximum absolute atomic E-state index is 12.3. The molecule has 0 aliphatic carbocycles. The molecule has 5 nitrogen and oxygen atoms in total. The van der Waals surface area contributed by atoms with Crippen LogP contribution in [0.25, 0.3) is 0 Å². The summed E-state index contributed by atoms with van der Waals surface area (Å²) in [5.41, 5.74) is 1.54. The number of allylic oxidation sites excluding steroid dienone is 1. The lowest BCUT2D eigenvalue weighted by molar-refractivity contribution is -0.139. The van der Waals surface area contributed by atoms with E-state index in [1.165, 1.54) is 0 Å². The van der Waals surface area contributed by atoms with Crippen LogP contribution in [0.5, 0.6) is 0 Å². The predicted molar refractivity (Wildman–Crippen MR) is 82.9 cm³/mol. The third kappa shape index (κ3) is 4.18. The molecule has 2 N–H and O–H groups in total. The molecule has 2 rings (SSSR count). The van der Waals surface area contributed by atoms with Gasteiger partial charge in [-0.2, -0.15) is 0 Å². The van der Waals surface area contributed by atoms with Crippen molar-refractivity contribution in [2.24, 2.45) is 0 Å². The monoisotopic (exact) mass is 303 g/mol. The van der Waals surface area contributed by atoms with Gasteiger partial charge in [-0.1, -0.05) is 18.2 Å². The third-order valence-electron chi connectivity index (χ3n) is 3.81. The zero-order valence-corrected chi connectivity index (χ0v) is 12.5. The lowest BCUT2D eigenvalue weighted by Gasteiger charge is -2.15. The smallest absolute Gasteiger partial charge is 0.326 e. The summed E-state index contributed by atoms with van der Waals surface area (Å²) in [5.74, 6) is -1.09. The molecule has 1 saturated heterocycles. The Morgan fingerprint density at radius 3 is 2.95 bits per heavy atom. The van der Waals surface area contributed by atoms with Gasteiger partial charge in [-0.15, -0.1) is 6.58 Å². The molecule has 0 aromatic heterocycles. The summed E-state index contributed by atoms with van der Waals surface area (Å²) in [6.45, 7) is 4.98. The highest BCUT2D eigenvalue weighted by Crippen LogP contribution is 2.25. The van der Waals surface area contributed by atoms with Crippen molar-refractivity contribution in [1.82, 2.24) is 5.32 Å².